The fourth-order valence-electron chi connectivity index (χ4n) is 4.06. The van der Waals surface area contributed by atoms with Gasteiger partial charge < -0.3 is 9.88 Å². The highest BCUT2D eigenvalue weighted by Crippen LogP contribution is 2.20. The van der Waals surface area contributed by atoms with Crippen LogP contribution in [0.15, 0.2) is 64.4 Å². The predicted molar refractivity (Wildman–Crippen MR) is 139 cm³/mol. The van der Waals surface area contributed by atoms with Gasteiger partial charge in [-0.2, -0.15) is 0 Å². The van der Waals surface area contributed by atoms with Gasteiger partial charge >= 0.3 is 0 Å². The molecule has 37 heavy (non-hydrogen) atoms. The minimum absolute atomic E-state index is 0.0158. The molecule has 5 rings (SSSR count). The van der Waals surface area contributed by atoms with E-state index in [1.165, 1.54) is 34.7 Å². The number of rotatable bonds is 5. The molecule has 0 unspecified atom stereocenters. The third kappa shape index (κ3) is 4.54. The van der Waals surface area contributed by atoms with E-state index in [1.807, 2.05) is 13.0 Å². The summed E-state index contributed by atoms with van der Waals surface area (Å²) < 4.78 is 30.9. The van der Waals surface area contributed by atoms with Crippen molar-refractivity contribution in [2.24, 2.45) is 7.05 Å². The molecule has 1 aromatic carbocycles. The molecule has 11 nitrogen and oxygen atoms in total. The van der Waals surface area contributed by atoms with Crippen molar-refractivity contribution in [3.8, 4) is 0 Å². The summed E-state index contributed by atoms with van der Waals surface area (Å²) in [6, 6.07) is 12.5. The van der Waals surface area contributed by atoms with Crippen molar-refractivity contribution in [3.05, 3.63) is 87.7 Å². The molecule has 0 bridgehead atoms. The van der Waals surface area contributed by atoms with Crippen LogP contribution < -0.4 is 15.6 Å². The smallest absolute Gasteiger partial charge is 0.272 e. The van der Waals surface area contributed by atoms with E-state index < -0.39 is 15.9 Å². The number of amides is 1. The summed E-state index contributed by atoms with van der Waals surface area (Å²) in [4.78, 5) is 38.7. The van der Waals surface area contributed by atoms with E-state index in [1.54, 1.807) is 43.8 Å². The normalized spacial score (nSPS) is 11.7. The Morgan fingerprint density at radius 1 is 0.919 bits per heavy atom. The van der Waals surface area contributed by atoms with Gasteiger partial charge in [-0.15, -0.1) is 0 Å². The molecule has 0 saturated heterocycles. The number of sulfonamides is 1. The molecule has 12 heteroatoms. The van der Waals surface area contributed by atoms with Crippen LogP contribution in [0.5, 0.6) is 0 Å². The summed E-state index contributed by atoms with van der Waals surface area (Å²) in [5.74, 6) is -0.486. The standard InChI is InChI=1S/C25H23N7O4S/c1-14-5-10-21-29-22-19(24(34)32(21)13-14)12-20(31(22)4)23(33)28-17-6-8-18(9-7-17)37(35,36)30-25-26-15(2)11-16(3)27-25/h5-13H,1-4H3,(H,28,33)(H,26,27,30). The van der Waals surface area contributed by atoms with Crippen LogP contribution >= 0.6 is 0 Å². The van der Waals surface area contributed by atoms with E-state index in [0.29, 0.717) is 33.8 Å². The lowest BCUT2D eigenvalue weighted by Gasteiger charge is -2.10. The maximum Gasteiger partial charge on any atom is 0.272 e. The van der Waals surface area contributed by atoms with Gasteiger partial charge in [0.2, 0.25) is 5.95 Å². The highest BCUT2D eigenvalue weighted by Gasteiger charge is 2.19. The van der Waals surface area contributed by atoms with Crippen molar-refractivity contribution in [3.63, 3.8) is 0 Å². The highest BCUT2D eigenvalue weighted by molar-refractivity contribution is 7.92. The van der Waals surface area contributed by atoms with Crippen molar-refractivity contribution in [2.75, 3.05) is 10.0 Å². The average Bonchev–Trinajstić information content (AvgIpc) is 3.16. The van der Waals surface area contributed by atoms with Gasteiger partial charge in [-0.05, 0) is 68.8 Å². The molecule has 0 atom stereocenters. The van der Waals surface area contributed by atoms with Gasteiger partial charge in [0.25, 0.3) is 21.5 Å². The predicted octanol–water partition coefficient (Wildman–Crippen LogP) is 2.95. The molecule has 0 aliphatic rings. The zero-order valence-corrected chi connectivity index (χ0v) is 21.3. The molecule has 188 valence electrons. The Kier molecular flexibility index (Phi) is 5.75. The van der Waals surface area contributed by atoms with Crippen LogP contribution in [-0.2, 0) is 17.1 Å². The zero-order chi connectivity index (χ0) is 26.5. The number of aromatic nitrogens is 5. The zero-order valence-electron chi connectivity index (χ0n) is 20.5. The molecule has 5 aromatic rings. The lowest BCUT2D eigenvalue weighted by atomic mass is 10.3. The molecule has 1 amide bonds. The second-order valence-electron chi connectivity index (χ2n) is 8.74. The van der Waals surface area contributed by atoms with Crippen LogP contribution in [0, 0.1) is 20.8 Å². The number of hydrogen-bond donors (Lipinski definition) is 2. The fourth-order valence-corrected chi connectivity index (χ4v) is 5.00. The number of nitrogens with zero attached hydrogens (tertiary/aromatic N) is 5. The first kappa shape index (κ1) is 24.1. The molecular formula is C25H23N7O4S. The molecule has 0 aliphatic carbocycles. The number of aryl methyl sites for hydroxylation is 4. The molecule has 0 aliphatic heterocycles. The van der Waals surface area contributed by atoms with E-state index in [9.17, 15) is 18.0 Å². The SMILES string of the molecule is Cc1ccc2nc3c(cc(C(=O)Nc4ccc(S(=O)(=O)Nc5nc(C)cc(C)n5)cc4)n3C)c(=O)n2c1. The lowest BCUT2D eigenvalue weighted by Crippen LogP contribution is -2.17. The van der Waals surface area contributed by atoms with Gasteiger partial charge in [-0.1, -0.05) is 6.07 Å². The molecule has 0 saturated carbocycles. The number of nitrogens with one attached hydrogen (secondary N) is 2. The summed E-state index contributed by atoms with van der Waals surface area (Å²) in [6.45, 7) is 5.37. The Morgan fingerprint density at radius 3 is 2.27 bits per heavy atom. The summed E-state index contributed by atoms with van der Waals surface area (Å²) >= 11 is 0. The van der Waals surface area contributed by atoms with Crippen LogP contribution in [0.2, 0.25) is 0 Å². The van der Waals surface area contributed by atoms with Gasteiger partial charge in [-0.3, -0.25) is 14.0 Å². The summed E-state index contributed by atoms with van der Waals surface area (Å²) in [6.07, 6.45) is 1.70. The lowest BCUT2D eigenvalue weighted by molar-refractivity contribution is 0.101. The summed E-state index contributed by atoms with van der Waals surface area (Å²) in [5, 5.41) is 3.05. The van der Waals surface area contributed by atoms with Gasteiger partial charge in [0, 0.05) is 30.3 Å². The molecule has 0 spiro atoms. The molecule has 0 fully saturated rings. The van der Waals surface area contributed by atoms with E-state index in [0.717, 1.165) is 5.56 Å². The van der Waals surface area contributed by atoms with Crippen molar-refractivity contribution < 1.29 is 13.2 Å². The van der Waals surface area contributed by atoms with Crippen molar-refractivity contribution in [1.29, 1.82) is 0 Å². The third-order valence-corrected chi connectivity index (χ3v) is 7.15. The number of hydrogen-bond acceptors (Lipinski definition) is 7. The van der Waals surface area contributed by atoms with Gasteiger partial charge in [0.15, 0.2) is 0 Å². The van der Waals surface area contributed by atoms with Gasteiger partial charge in [-0.25, -0.2) is 28.1 Å². The van der Waals surface area contributed by atoms with Crippen molar-refractivity contribution in [1.82, 2.24) is 23.9 Å². The topological polar surface area (TPSA) is 140 Å². The number of carbonyl (C=O) groups excluding carboxylic acids is 1. The quantitative estimate of drug-likeness (QED) is 0.365. The molecular weight excluding hydrogens is 494 g/mol. The van der Waals surface area contributed by atoms with Crippen LogP contribution in [-0.4, -0.2) is 38.2 Å². The number of anilines is 2. The Labute approximate surface area is 211 Å². The number of fused-ring (bicyclic) bond motifs is 2. The maximum atomic E-state index is 13.0. The fraction of sp³-hybridized carbons (Fsp3) is 0.160. The van der Waals surface area contributed by atoms with E-state index in [4.69, 9.17) is 0 Å². The van der Waals surface area contributed by atoms with Crippen LogP contribution in [0.3, 0.4) is 0 Å². The number of carbonyl (C=O) groups is 1. The minimum Gasteiger partial charge on any atom is -0.324 e. The van der Waals surface area contributed by atoms with Gasteiger partial charge in [0.05, 0.1) is 10.3 Å². The average molecular weight is 518 g/mol. The highest BCUT2D eigenvalue weighted by atomic mass is 32.2. The largest absolute Gasteiger partial charge is 0.324 e. The number of pyridine rings is 1. The van der Waals surface area contributed by atoms with Crippen molar-refractivity contribution in [2.45, 2.75) is 25.7 Å². The Bertz CT molecular complexity index is 1850. The Balaban J connectivity index is 1.40. The van der Waals surface area contributed by atoms with Crippen LogP contribution in [0.4, 0.5) is 11.6 Å². The van der Waals surface area contributed by atoms with Crippen molar-refractivity contribution >= 4 is 44.2 Å². The van der Waals surface area contributed by atoms with E-state index >= 15 is 0 Å². The first-order valence-corrected chi connectivity index (χ1v) is 12.7. The van der Waals surface area contributed by atoms with Crippen LogP contribution in [0.1, 0.15) is 27.4 Å². The Hall–Kier alpha value is -4.58. The Morgan fingerprint density at radius 2 is 1.59 bits per heavy atom. The molecule has 4 aromatic heterocycles. The first-order chi connectivity index (χ1) is 17.5. The number of benzene rings is 1. The molecule has 4 heterocycles. The second kappa shape index (κ2) is 8.82. The first-order valence-electron chi connectivity index (χ1n) is 11.3. The van der Waals surface area contributed by atoms with E-state index in [2.05, 4.69) is 25.0 Å². The van der Waals surface area contributed by atoms with Crippen LogP contribution in [0.25, 0.3) is 16.7 Å². The monoisotopic (exact) mass is 517 g/mol. The summed E-state index contributed by atoms with van der Waals surface area (Å²) in [7, 11) is -2.28. The molecule has 2 N–H and O–H groups in total. The minimum atomic E-state index is -3.93. The van der Waals surface area contributed by atoms with E-state index in [-0.39, 0.29) is 22.1 Å². The van der Waals surface area contributed by atoms with Gasteiger partial charge in [0.1, 0.15) is 17.0 Å². The second-order valence-corrected chi connectivity index (χ2v) is 10.4. The maximum absolute atomic E-state index is 13.0. The third-order valence-electron chi connectivity index (χ3n) is 5.81. The molecule has 0 radical (unpaired) electrons. The summed E-state index contributed by atoms with van der Waals surface area (Å²) in [5.41, 5.74) is 3.39.